The predicted octanol–water partition coefficient (Wildman–Crippen LogP) is 18.7. The lowest BCUT2D eigenvalue weighted by molar-refractivity contribution is -0.167. The maximum absolute atomic E-state index is 12.7. The van der Waals surface area contributed by atoms with Crippen LogP contribution in [-0.4, -0.2) is 37.2 Å². The number of ether oxygens (including phenoxy) is 3. The van der Waals surface area contributed by atoms with Crippen LogP contribution in [0.5, 0.6) is 0 Å². The molecule has 6 nitrogen and oxygen atoms in total. The number of esters is 3. The first-order valence-corrected chi connectivity index (χ1v) is 28.1. The van der Waals surface area contributed by atoms with Crippen molar-refractivity contribution in [3.8, 4) is 0 Å². The number of hydrogen-bond donors (Lipinski definition) is 0. The van der Waals surface area contributed by atoms with Crippen molar-refractivity contribution < 1.29 is 28.6 Å². The van der Waals surface area contributed by atoms with E-state index in [0.717, 1.165) is 83.5 Å². The fourth-order valence-electron chi connectivity index (χ4n) is 8.02. The highest BCUT2D eigenvalue weighted by Gasteiger charge is 2.19. The molecular weight excluding hydrogens is 805 g/mol. The number of carbonyl (C=O) groups is 3. The van der Waals surface area contributed by atoms with E-state index in [-0.39, 0.29) is 31.1 Å². The highest BCUT2D eigenvalue weighted by atomic mass is 16.6. The molecule has 0 radical (unpaired) electrons. The van der Waals surface area contributed by atoms with E-state index in [1.807, 2.05) is 0 Å². The van der Waals surface area contributed by atoms with Gasteiger partial charge in [0.05, 0.1) is 0 Å². The van der Waals surface area contributed by atoms with Crippen molar-refractivity contribution in [2.75, 3.05) is 13.2 Å². The molecule has 0 aliphatic heterocycles. The first-order valence-electron chi connectivity index (χ1n) is 28.1. The number of carbonyl (C=O) groups excluding carboxylic acids is 3. The summed E-state index contributed by atoms with van der Waals surface area (Å²) < 4.78 is 16.8. The Morgan fingerprint density at radius 2 is 0.569 bits per heavy atom. The van der Waals surface area contributed by atoms with Gasteiger partial charge in [0.25, 0.3) is 0 Å². The van der Waals surface area contributed by atoms with Gasteiger partial charge in [-0.15, -0.1) is 0 Å². The van der Waals surface area contributed by atoms with Gasteiger partial charge in [0, 0.05) is 19.3 Å². The van der Waals surface area contributed by atoms with Crippen LogP contribution in [0.4, 0.5) is 0 Å². The summed E-state index contributed by atoms with van der Waals surface area (Å²) in [5, 5.41) is 0. The SMILES string of the molecule is CCCC/C=C\CCCCCCCC(=O)OC(COC(=O)CCCCCCCCCCC)COC(=O)CCCCCCCCCCCCCC/C=C\C/C=C\C/C=C\CCCCCCC. The van der Waals surface area contributed by atoms with Crippen molar-refractivity contribution in [3.63, 3.8) is 0 Å². The van der Waals surface area contributed by atoms with E-state index in [0.29, 0.717) is 19.3 Å². The minimum atomic E-state index is -0.773. The van der Waals surface area contributed by atoms with Gasteiger partial charge in [0.15, 0.2) is 6.10 Å². The van der Waals surface area contributed by atoms with E-state index >= 15 is 0 Å². The van der Waals surface area contributed by atoms with E-state index in [1.54, 1.807) is 0 Å². The minimum Gasteiger partial charge on any atom is -0.462 e. The molecule has 378 valence electrons. The summed E-state index contributed by atoms with van der Waals surface area (Å²) in [5.41, 5.74) is 0. The van der Waals surface area contributed by atoms with E-state index in [2.05, 4.69) is 69.4 Å². The van der Waals surface area contributed by atoms with E-state index in [4.69, 9.17) is 14.2 Å². The summed E-state index contributed by atoms with van der Waals surface area (Å²) >= 11 is 0. The number of hydrogen-bond acceptors (Lipinski definition) is 6. The van der Waals surface area contributed by atoms with Crippen LogP contribution >= 0.6 is 0 Å². The lowest BCUT2D eigenvalue weighted by atomic mass is 10.0. The standard InChI is InChI=1S/C59H106O6/c1-4-7-10-13-16-19-21-22-23-24-25-26-27-28-29-30-31-32-33-34-35-36-38-40-43-46-49-52-58(61)64-55-56(54-63-57(60)51-48-45-42-39-18-15-12-9-6-3)65-59(62)53-50-47-44-41-37-20-17-14-11-8-5-2/h14,17,21-22,24-25,27-28,56H,4-13,15-16,18-20,23,26,29-55H2,1-3H3/b17-14-,22-21-,25-24-,28-27-. The second-order valence-electron chi connectivity index (χ2n) is 18.8. The van der Waals surface area contributed by atoms with Gasteiger partial charge in [-0.1, -0.05) is 243 Å². The zero-order valence-corrected chi connectivity index (χ0v) is 43.3. The van der Waals surface area contributed by atoms with Gasteiger partial charge >= 0.3 is 17.9 Å². The van der Waals surface area contributed by atoms with Crippen LogP contribution in [0.2, 0.25) is 0 Å². The van der Waals surface area contributed by atoms with Crippen LogP contribution in [-0.2, 0) is 28.6 Å². The molecule has 0 N–H and O–H groups in total. The third-order valence-electron chi connectivity index (χ3n) is 12.3. The van der Waals surface area contributed by atoms with Crippen molar-refractivity contribution in [2.24, 2.45) is 0 Å². The number of allylic oxidation sites excluding steroid dienone is 8. The lowest BCUT2D eigenvalue weighted by Gasteiger charge is -2.18. The van der Waals surface area contributed by atoms with Gasteiger partial charge in [-0.3, -0.25) is 14.4 Å². The van der Waals surface area contributed by atoms with E-state index in [9.17, 15) is 14.4 Å². The molecule has 65 heavy (non-hydrogen) atoms. The molecule has 0 heterocycles. The Balaban J connectivity index is 4.12. The molecule has 6 heteroatoms. The minimum absolute atomic E-state index is 0.0745. The molecule has 1 unspecified atom stereocenters. The second-order valence-corrected chi connectivity index (χ2v) is 18.8. The molecule has 0 aliphatic carbocycles. The molecule has 1 atom stereocenters. The van der Waals surface area contributed by atoms with Crippen LogP contribution in [0.25, 0.3) is 0 Å². The predicted molar refractivity (Wildman–Crippen MR) is 279 cm³/mol. The number of rotatable bonds is 51. The summed E-state index contributed by atoms with van der Waals surface area (Å²) in [6, 6.07) is 0. The monoisotopic (exact) mass is 911 g/mol. The molecule has 0 rings (SSSR count). The molecule has 0 fully saturated rings. The largest absolute Gasteiger partial charge is 0.462 e. The number of unbranched alkanes of at least 4 members (excludes halogenated alkanes) is 32. The van der Waals surface area contributed by atoms with Crippen LogP contribution in [0.3, 0.4) is 0 Å². The van der Waals surface area contributed by atoms with Crippen LogP contribution in [0.15, 0.2) is 48.6 Å². The molecule has 0 saturated heterocycles. The Morgan fingerprint density at radius 1 is 0.308 bits per heavy atom. The van der Waals surface area contributed by atoms with Crippen molar-refractivity contribution in [1.82, 2.24) is 0 Å². The van der Waals surface area contributed by atoms with Crippen LogP contribution in [0.1, 0.15) is 290 Å². The fourth-order valence-corrected chi connectivity index (χ4v) is 8.02. The first-order chi connectivity index (χ1) is 32.0. The topological polar surface area (TPSA) is 78.9 Å². The Hall–Kier alpha value is -2.63. The maximum Gasteiger partial charge on any atom is 0.306 e. The lowest BCUT2D eigenvalue weighted by Crippen LogP contribution is -2.30. The Kier molecular flexibility index (Phi) is 51.8. The Morgan fingerprint density at radius 3 is 0.923 bits per heavy atom. The molecule has 0 aromatic heterocycles. The zero-order chi connectivity index (χ0) is 47.2. The van der Waals surface area contributed by atoms with E-state index in [1.165, 1.54) is 167 Å². The van der Waals surface area contributed by atoms with Gasteiger partial charge < -0.3 is 14.2 Å². The average molecular weight is 911 g/mol. The van der Waals surface area contributed by atoms with Crippen molar-refractivity contribution in [2.45, 2.75) is 297 Å². The third kappa shape index (κ3) is 52.2. The highest BCUT2D eigenvalue weighted by molar-refractivity contribution is 5.71. The molecular formula is C59H106O6. The molecule has 0 bridgehead atoms. The fraction of sp³-hybridized carbons (Fsp3) is 0.814. The summed E-state index contributed by atoms with van der Waals surface area (Å²) in [6.07, 6.45) is 65.5. The molecule has 0 amide bonds. The smallest absolute Gasteiger partial charge is 0.306 e. The van der Waals surface area contributed by atoms with Gasteiger partial charge in [-0.25, -0.2) is 0 Å². The highest BCUT2D eigenvalue weighted by Crippen LogP contribution is 2.16. The molecule has 0 aliphatic rings. The third-order valence-corrected chi connectivity index (χ3v) is 12.3. The van der Waals surface area contributed by atoms with Crippen LogP contribution < -0.4 is 0 Å². The zero-order valence-electron chi connectivity index (χ0n) is 43.3. The van der Waals surface area contributed by atoms with Gasteiger partial charge in [0.2, 0.25) is 0 Å². The summed E-state index contributed by atoms with van der Waals surface area (Å²) in [5.74, 6) is -0.881. The quantitative estimate of drug-likeness (QED) is 0.0262. The summed E-state index contributed by atoms with van der Waals surface area (Å²) in [4.78, 5) is 37.9. The van der Waals surface area contributed by atoms with Crippen molar-refractivity contribution in [3.05, 3.63) is 48.6 Å². The molecule has 0 aromatic carbocycles. The summed E-state index contributed by atoms with van der Waals surface area (Å²) in [7, 11) is 0. The molecule has 0 aromatic rings. The van der Waals surface area contributed by atoms with Crippen molar-refractivity contribution in [1.29, 1.82) is 0 Å². The normalized spacial score (nSPS) is 12.4. The van der Waals surface area contributed by atoms with Crippen molar-refractivity contribution >= 4 is 17.9 Å². The average Bonchev–Trinajstić information content (AvgIpc) is 3.30. The molecule has 0 saturated carbocycles. The summed E-state index contributed by atoms with van der Waals surface area (Å²) in [6.45, 7) is 6.58. The van der Waals surface area contributed by atoms with Gasteiger partial charge in [0.1, 0.15) is 13.2 Å². The second kappa shape index (κ2) is 54.0. The van der Waals surface area contributed by atoms with Crippen LogP contribution in [0, 0.1) is 0 Å². The molecule has 0 spiro atoms. The Labute approximate surface area is 403 Å². The maximum atomic E-state index is 12.7. The van der Waals surface area contributed by atoms with Gasteiger partial charge in [-0.05, 0) is 77.0 Å². The van der Waals surface area contributed by atoms with Gasteiger partial charge in [-0.2, -0.15) is 0 Å². The van der Waals surface area contributed by atoms with E-state index < -0.39 is 6.10 Å². The Bertz CT molecular complexity index is 1140. The first kappa shape index (κ1) is 62.4.